The van der Waals surface area contributed by atoms with Gasteiger partial charge in [-0.3, -0.25) is 10.1 Å². The molecule has 6 nitrogen and oxygen atoms in total. The van der Waals surface area contributed by atoms with Crippen molar-refractivity contribution in [2.75, 3.05) is 18.8 Å². The van der Waals surface area contributed by atoms with Crippen molar-refractivity contribution >= 4 is 23.8 Å². The lowest BCUT2D eigenvalue weighted by Gasteiger charge is -2.11. The first-order valence-corrected chi connectivity index (χ1v) is 4.98. The van der Waals surface area contributed by atoms with E-state index in [0.717, 1.165) is 6.54 Å². The van der Waals surface area contributed by atoms with Gasteiger partial charge < -0.3 is 16.2 Å². The second-order valence-corrected chi connectivity index (χ2v) is 3.40. The van der Waals surface area contributed by atoms with Crippen LogP contribution in [0.5, 0.6) is 0 Å². The van der Waals surface area contributed by atoms with E-state index in [1.54, 1.807) is 6.07 Å². The summed E-state index contributed by atoms with van der Waals surface area (Å²) in [6.45, 7) is 3.00. The van der Waals surface area contributed by atoms with Crippen LogP contribution in [0.15, 0.2) is 18.2 Å². The zero-order valence-corrected chi connectivity index (χ0v) is 10.2. The van der Waals surface area contributed by atoms with Crippen LogP contribution in [-0.2, 0) is 0 Å². The third kappa shape index (κ3) is 4.18. The third-order valence-electron chi connectivity index (χ3n) is 2.22. The number of nitrogen functional groups attached to an aromatic ring is 1. The van der Waals surface area contributed by atoms with Crippen LogP contribution >= 0.6 is 12.4 Å². The summed E-state index contributed by atoms with van der Waals surface area (Å²) in [6, 6.07) is 4.32. The number of likely N-dealkylation sites (N-methyl/N-ethyl adjacent to an activating group) is 1. The van der Waals surface area contributed by atoms with Gasteiger partial charge in [0.05, 0.1) is 11.0 Å². The molecule has 0 fully saturated rings. The predicted molar refractivity (Wildman–Crippen MR) is 68.3 cm³/mol. The molecule has 17 heavy (non-hydrogen) atoms. The van der Waals surface area contributed by atoms with Gasteiger partial charge in [-0.25, -0.2) is 0 Å². The molecule has 1 aromatic carbocycles. The van der Waals surface area contributed by atoms with E-state index in [1.165, 1.54) is 12.1 Å². The monoisotopic (exact) mass is 261 g/mol. The van der Waals surface area contributed by atoms with Crippen molar-refractivity contribution in [3.8, 4) is 0 Å². The van der Waals surface area contributed by atoms with Crippen molar-refractivity contribution in [3.63, 3.8) is 0 Å². The standard InChI is InChI=1S/C10H15N3O3.ClH/c1-2-12-6-10(14)7-3-4-8(11)9(5-7)13(15)16;/h3-5,10,12,14H,2,6,11H2,1H3;1H. The molecule has 0 amide bonds. The average Bonchev–Trinajstić information content (AvgIpc) is 2.26. The van der Waals surface area contributed by atoms with Gasteiger partial charge in [-0.2, -0.15) is 0 Å². The summed E-state index contributed by atoms with van der Waals surface area (Å²) in [6.07, 6.45) is -0.765. The fourth-order valence-corrected chi connectivity index (χ4v) is 1.32. The molecule has 1 rings (SSSR count). The van der Waals surface area contributed by atoms with Gasteiger partial charge in [0, 0.05) is 12.6 Å². The fourth-order valence-electron chi connectivity index (χ4n) is 1.32. The summed E-state index contributed by atoms with van der Waals surface area (Å²) in [5, 5.41) is 23.3. The molecule has 0 saturated heterocycles. The number of aliphatic hydroxyl groups excluding tert-OH is 1. The third-order valence-corrected chi connectivity index (χ3v) is 2.22. The zero-order valence-electron chi connectivity index (χ0n) is 9.42. The molecule has 0 heterocycles. The molecule has 1 aromatic rings. The number of halogens is 1. The van der Waals surface area contributed by atoms with Gasteiger partial charge in [-0.15, -0.1) is 12.4 Å². The van der Waals surface area contributed by atoms with Crippen LogP contribution in [0.2, 0.25) is 0 Å². The van der Waals surface area contributed by atoms with Crippen LogP contribution in [0, 0.1) is 10.1 Å². The topological polar surface area (TPSA) is 101 Å². The van der Waals surface area contributed by atoms with Crippen LogP contribution in [0.1, 0.15) is 18.6 Å². The van der Waals surface area contributed by atoms with Crippen LogP contribution in [-0.4, -0.2) is 23.1 Å². The molecule has 0 aliphatic carbocycles. The van der Waals surface area contributed by atoms with Crippen molar-refractivity contribution in [1.82, 2.24) is 5.32 Å². The lowest BCUT2D eigenvalue weighted by atomic mass is 10.1. The molecular formula is C10H16ClN3O3. The highest BCUT2D eigenvalue weighted by Gasteiger charge is 2.15. The van der Waals surface area contributed by atoms with E-state index in [2.05, 4.69) is 5.32 Å². The number of nitrogens with two attached hydrogens (primary N) is 1. The first-order chi connectivity index (χ1) is 7.56. The first kappa shape index (κ1) is 15.6. The number of nitrogens with one attached hydrogen (secondary N) is 1. The average molecular weight is 262 g/mol. The lowest BCUT2D eigenvalue weighted by molar-refractivity contribution is -0.384. The summed E-state index contributed by atoms with van der Waals surface area (Å²) < 4.78 is 0. The molecule has 0 aliphatic heterocycles. The molecule has 1 unspecified atom stereocenters. The molecule has 4 N–H and O–H groups in total. The fraction of sp³-hybridized carbons (Fsp3) is 0.400. The van der Waals surface area contributed by atoms with Gasteiger partial charge >= 0.3 is 0 Å². The summed E-state index contributed by atoms with van der Waals surface area (Å²) >= 11 is 0. The maximum atomic E-state index is 10.6. The smallest absolute Gasteiger partial charge is 0.292 e. The molecule has 0 aromatic heterocycles. The van der Waals surface area contributed by atoms with Gasteiger partial charge in [0.2, 0.25) is 0 Å². The minimum absolute atomic E-state index is 0. The predicted octanol–water partition coefficient (Wildman–Crippen LogP) is 1.24. The minimum Gasteiger partial charge on any atom is -0.393 e. The van der Waals surface area contributed by atoms with Crippen LogP contribution < -0.4 is 11.1 Å². The Hall–Kier alpha value is -1.37. The normalized spacial score (nSPS) is 11.6. The SMILES string of the molecule is CCNCC(O)c1ccc(N)c([N+](=O)[O-])c1.Cl. The van der Waals surface area contributed by atoms with E-state index in [-0.39, 0.29) is 23.8 Å². The Morgan fingerprint density at radius 3 is 2.76 bits per heavy atom. The van der Waals surface area contributed by atoms with E-state index >= 15 is 0 Å². The van der Waals surface area contributed by atoms with E-state index in [9.17, 15) is 15.2 Å². The van der Waals surface area contributed by atoms with Crippen LogP contribution in [0.4, 0.5) is 11.4 Å². The van der Waals surface area contributed by atoms with Crippen LogP contribution in [0.3, 0.4) is 0 Å². The number of rotatable bonds is 5. The number of hydrogen-bond acceptors (Lipinski definition) is 5. The summed E-state index contributed by atoms with van der Waals surface area (Å²) in [5.41, 5.74) is 5.87. The Morgan fingerprint density at radius 1 is 1.59 bits per heavy atom. The highest BCUT2D eigenvalue weighted by Crippen LogP contribution is 2.25. The minimum atomic E-state index is -0.765. The Morgan fingerprint density at radius 2 is 2.24 bits per heavy atom. The number of anilines is 1. The molecule has 0 spiro atoms. The molecule has 1 atom stereocenters. The molecule has 96 valence electrons. The van der Waals surface area contributed by atoms with Crippen LogP contribution in [0.25, 0.3) is 0 Å². The molecule has 0 radical (unpaired) electrons. The number of nitrogens with zero attached hydrogens (tertiary/aromatic N) is 1. The molecular weight excluding hydrogens is 246 g/mol. The largest absolute Gasteiger partial charge is 0.393 e. The number of nitro groups is 1. The summed E-state index contributed by atoms with van der Waals surface area (Å²) in [5.74, 6) is 0. The van der Waals surface area contributed by atoms with E-state index in [0.29, 0.717) is 12.1 Å². The lowest BCUT2D eigenvalue weighted by Crippen LogP contribution is -2.20. The highest BCUT2D eigenvalue weighted by molar-refractivity contribution is 5.85. The Labute approximate surface area is 105 Å². The zero-order chi connectivity index (χ0) is 12.1. The first-order valence-electron chi connectivity index (χ1n) is 4.98. The molecule has 0 aliphatic rings. The Bertz CT molecular complexity index is 387. The maximum Gasteiger partial charge on any atom is 0.292 e. The van der Waals surface area contributed by atoms with Gasteiger partial charge in [0.1, 0.15) is 5.69 Å². The second kappa shape index (κ2) is 7.05. The molecule has 7 heteroatoms. The maximum absolute atomic E-state index is 10.6. The van der Waals surface area contributed by atoms with Gasteiger partial charge in [-0.05, 0) is 18.2 Å². The van der Waals surface area contributed by atoms with Crippen molar-refractivity contribution in [2.24, 2.45) is 0 Å². The summed E-state index contributed by atoms with van der Waals surface area (Å²) in [7, 11) is 0. The highest BCUT2D eigenvalue weighted by atomic mass is 35.5. The van der Waals surface area contributed by atoms with Crippen molar-refractivity contribution in [3.05, 3.63) is 33.9 Å². The van der Waals surface area contributed by atoms with Gasteiger partial charge in [0.25, 0.3) is 5.69 Å². The molecule has 0 saturated carbocycles. The van der Waals surface area contributed by atoms with E-state index < -0.39 is 11.0 Å². The van der Waals surface area contributed by atoms with Gasteiger partial charge in [-0.1, -0.05) is 13.0 Å². The molecule has 0 bridgehead atoms. The Balaban J connectivity index is 0.00000256. The van der Waals surface area contributed by atoms with E-state index in [1.807, 2.05) is 6.92 Å². The van der Waals surface area contributed by atoms with Crippen molar-refractivity contribution < 1.29 is 10.0 Å². The van der Waals surface area contributed by atoms with E-state index in [4.69, 9.17) is 5.73 Å². The van der Waals surface area contributed by atoms with Crippen molar-refractivity contribution in [1.29, 1.82) is 0 Å². The Kier molecular flexibility index (Phi) is 6.48. The van der Waals surface area contributed by atoms with Gasteiger partial charge in [0.15, 0.2) is 0 Å². The number of nitro benzene ring substituents is 1. The van der Waals surface area contributed by atoms with Crippen molar-refractivity contribution in [2.45, 2.75) is 13.0 Å². The number of aliphatic hydroxyl groups is 1. The number of hydrogen-bond donors (Lipinski definition) is 3. The number of benzene rings is 1. The quantitative estimate of drug-likeness (QED) is 0.421. The summed E-state index contributed by atoms with van der Waals surface area (Å²) in [4.78, 5) is 10.1. The second-order valence-electron chi connectivity index (χ2n) is 3.40.